The van der Waals surface area contributed by atoms with Crippen LogP contribution in [0.1, 0.15) is 15.9 Å². The van der Waals surface area contributed by atoms with Crippen LogP contribution in [-0.4, -0.2) is 13.0 Å². The maximum atomic E-state index is 13.3. The number of nitrogens with one attached hydrogen (secondary N) is 1. The highest BCUT2D eigenvalue weighted by atomic mass is 19.1. The predicted molar refractivity (Wildman–Crippen MR) is 75.5 cm³/mol. The molecule has 0 fully saturated rings. The third kappa shape index (κ3) is 2.88. The second kappa shape index (κ2) is 5.61. The summed E-state index contributed by atoms with van der Waals surface area (Å²) in [6.45, 7) is 1.79. The minimum Gasteiger partial charge on any atom is -0.456 e. The lowest BCUT2D eigenvalue weighted by Gasteiger charge is -2.13. The highest BCUT2D eigenvalue weighted by Gasteiger charge is 2.13. The SMILES string of the molecule is CNC(=O)c1ccc(N)cc1Oc1cc(F)ccc1C. The van der Waals surface area contributed by atoms with E-state index in [0.29, 0.717) is 17.0 Å². The Kier molecular flexibility index (Phi) is 3.89. The first kappa shape index (κ1) is 13.9. The van der Waals surface area contributed by atoms with E-state index in [4.69, 9.17) is 10.5 Å². The molecule has 0 aliphatic carbocycles. The summed E-state index contributed by atoms with van der Waals surface area (Å²) in [5, 5.41) is 2.52. The fourth-order valence-electron chi connectivity index (χ4n) is 1.75. The van der Waals surface area contributed by atoms with Gasteiger partial charge in [-0.2, -0.15) is 0 Å². The molecule has 2 aromatic carbocycles. The fourth-order valence-corrected chi connectivity index (χ4v) is 1.75. The molecule has 0 radical (unpaired) electrons. The van der Waals surface area contributed by atoms with Gasteiger partial charge < -0.3 is 15.8 Å². The standard InChI is InChI=1S/C15H15FN2O2/c1-9-3-4-10(16)7-13(9)20-14-8-11(17)5-6-12(14)15(19)18-2/h3-8H,17H2,1-2H3,(H,18,19). The first-order chi connectivity index (χ1) is 9.51. The van der Waals surface area contributed by atoms with Crippen LogP contribution in [0.25, 0.3) is 0 Å². The molecule has 1 amide bonds. The van der Waals surface area contributed by atoms with Gasteiger partial charge in [0.25, 0.3) is 5.91 Å². The average molecular weight is 274 g/mol. The Hall–Kier alpha value is -2.56. The Balaban J connectivity index is 2.44. The smallest absolute Gasteiger partial charge is 0.254 e. The van der Waals surface area contributed by atoms with E-state index in [1.807, 2.05) is 0 Å². The topological polar surface area (TPSA) is 64.4 Å². The number of ether oxygens (including phenoxy) is 1. The third-order valence-electron chi connectivity index (χ3n) is 2.85. The lowest BCUT2D eigenvalue weighted by molar-refractivity contribution is 0.0961. The van der Waals surface area contributed by atoms with Crippen molar-refractivity contribution in [3.63, 3.8) is 0 Å². The molecule has 2 rings (SSSR count). The van der Waals surface area contributed by atoms with Crippen LogP contribution in [0.15, 0.2) is 36.4 Å². The van der Waals surface area contributed by atoms with Crippen molar-refractivity contribution in [2.24, 2.45) is 0 Å². The van der Waals surface area contributed by atoms with E-state index in [-0.39, 0.29) is 11.7 Å². The molecule has 0 atom stereocenters. The molecule has 2 aromatic rings. The summed E-state index contributed by atoms with van der Waals surface area (Å²) in [6, 6.07) is 8.94. The van der Waals surface area contributed by atoms with Crippen LogP contribution < -0.4 is 15.8 Å². The lowest BCUT2D eigenvalue weighted by Crippen LogP contribution is -2.18. The second-order valence-electron chi connectivity index (χ2n) is 4.35. The zero-order valence-electron chi connectivity index (χ0n) is 11.2. The summed E-state index contributed by atoms with van der Waals surface area (Å²) in [5.41, 5.74) is 7.26. The zero-order valence-corrected chi connectivity index (χ0v) is 11.2. The van der Waals surface area contributed by atoms with E-state index in [0.717, 1.165) is 5.56 Å². The van der Waals surface area contributed by atoms with E-state index in [1.165, 1.54) is 25.2 Å². The van der Waals surface area contributed by atoms with E-state index < -0.39 is 5.82 Å². The number of amides is 1. The van der Waals surface area contributed by atoms with Crippen molar-refractivity contribution in [1.82, 2.24) is 5.32 Å². The van der Waals surface area contributed by atoms with E-state index >= 15 is 0 Å². The maximum absolute atomic E-state index is 13.3. The molecule has 20 heavy (non-hydrogen) atoms. The third-order valence-corrected chi connectivity index (χ3v) is 2.85. The van der Waals surface area contributed by atoms with Crippen molar-refractivity contribution in [2.45, 2.75) is 6.92 Å². The monoisotopic (exact) mass is 274 g/mol. The zero-order chi connectivity index (χ0) is 14.7. The van der Waals surface area contributed by atoms with Crippen molar-refractivity contribution in [3.05, 3.63) is 53.3 Å². The van der Waals surface area contributed by atoms with Gasteiger partial charge in [0.15, 0.2) is 0 Å². The van der Waals surface area contributed by atoms with E-state index in [1.54, 1.807) is 25.1 Å². The Labute approximate surface area is 116 Å². The number of hydrogen-bond donors (Lipinski definition) is 2. The van der Waals surface area contributed by atoms with Gasteiger partial charge in [0.2, 0.25) is 0 Å². The Morgan fingerprint density at radius 3 is 2.65 bits per heavy atom. The van der Waals surface area contributed by atoms with E-state index in [2.05, 4.69) is 5.32 Å². The van der Waals surface area contributed by atoms with Gasteiger partial charge in [-0.1, -0.05) is 6.07 Å². The quantitative estimate of drug-likeness (QED) is 0.846. The van der Waals surface area contributed by atoms with Crippen LogP contribution in [0, 0.1) is 12.7 Å². The number of carbonyl (C=O) groups excluding carboxylic acids is 1. The van der Waals surface area contributed by atoms with Gasteiger partial charge in [0.05, 0.1) is 5.56 Å². The summed E-state index contributed by atoms with van der Waals surface area (Å²) in [5.74, 6) is -0.0659. The number of carbonyl (C=O) groups is 1. The molecule has 0 bridgehead atoms. The molecule has 5 heteroatoms. The number of benzene rings is 2. The highest BCUT2D eigenvalue weighted by Crippen LogP contribution is 2.30. The van der Waals surface area contributed by atoms with Gasteiger partial charge in [-0.05, 0) is 30.7 Å². The molecular weight excluding hydrogens is 259 g/mol. The largest absolute Gasteiger partial charge is 0.456 e. The number of hydrogen-bond acceptors (Lipinski definition) is 3. The van der Waals surface area contributed by atoms with Crippen molar-refractivity contribution < 1.29 is 13.9 Å². The average Bonchev–Trinajstić information content (AvgIpc) is 2.42. The van der Waals surface area contributed by atoms with Crippen LogP contribution in [0.2, 0.25) is 0 Å². The van der Waals surface area contributed by atoms with Gasteiger partial charge in [-0.3, -0.25) is 4.79 Å². The van der Waals surface area contributed by atoms with Gasteiger partial charge in [-0.25, -0.2) is 4.39 Å². The number of aryl methyl sites for hydroxylation is 1. The van der Waals surface area contributed by atoms with E-state index in [9.17, 15) is 9.18 Å². The van der Waals surface area contributed by atoms with Gasteiger partial charge in [0.1, 0.15) is 17.3 Å². The Morgan fingerprint density at radius 2 is 1.95 bits per heavy atom. The molecule has 3 N–H and O–H groups in total. The molecule has 0 saturated heterocycles. The van der Waals surface area contributed by atoms with Crippen molar-refractivity contribution >= 4 is 11.6 Å². The summed E-state index contributed by atoms with van der Waals surface area (Å²) < 4.78 is 18.9. The molecule has 0 heterocycles. The normalized spacial score (nSPS) is 10.2. The molecule has 0 aliphatic rings. The van der Waals surface area contributed by atoms with Crippen LogP contribution in [-0.2, 0) is 0 Å². The van der Waals surface area contributed by atoms with Crippen LogP contribution in [0.5, 0.6) is 11.5 Å². The Bertz CT molecular complexity index is 656. The predicted octanol–water partition coefficient (Wildman–Crippen LogP) is 2.87. The molecule has 0 saturated carbocycles. The van der Waals surface area contributed by atoms with Crippen molar-refractivity contribution in [1.29, 1.82) is 0 Å². The minimum absolute atomic E-state index is 0.290. The number of halogens is 1. The molecule has 0 aromatic heterocycles. The van der Waals surface area contributed by atoms with Crippen molar-refractivity contribution in [3.8, 4) is 11.5 Å². The Morgan fingerprint density at radius 1 is 1.20 bits per heavy atom. The van der Waals surface area contributed by atoms with Crippen LogP contribution >= 0.6 is 0 Å². The number of nitrogens with two attached hydrogens (primary N) is 1. The second-order valence-corrected chi connectivity index (χ2v) is 4.35. The summed E-state index contributed by atoms with van der Waals surface area (Å²) in [7, 11) is 1.52. The first-order valence-electron chi connectivity index (χ1n) is 6.07. The van der Waals surface area contributed by atoms with Gasteiger partial charge in [-0.15, -0.1) is 0 Å². The number of rotatable bonds is 3. The first-order valence-corrected chi connectivity index (χ1v) is 6.07. The molecule has 0 aliphatic heterocycles. The number of anilines is 1. The molecule has 104 valence electrons. The molecule has 4 nitrogen and oxygen atoms in total. The molecular formula is C15H15FN2O2. The maximum Gasteiger partial charge on any atom is 0.254 e. The summed E-state index contributed by atoms with van der Waals surface area (Å²) in [6.07, 6.45) is 0. The summed E-state index contributed by atoms with van der Waals surface area (Å²) in [4.78, 5) is 11.8. The summed E-state index contributed by atoms with van der Waals surface area (Å²) >= 11 is 0. The minimum atomic E-state index is -0.406. The molecule has 0 spiro atoms. The highest BCUT2D eigenvalue weighted by molar-refractivity contribution is 5.97. The van der Waals surface area contributed by atoms with Gasteiger partial charge >= 0.3 is 0 Å². The van der Waals surface area contributed by atoms with Crippen LogP contribution in [0.3, 0.4) is 0 Å². The van der Waals surface area contributed by atoms with Crippen molar-refractivity contribution in [2.75, 3.05) is 12.8 Å². The van der Waals surface area contributed by atoms with Gasteiger partial charge in [0, 0.05) is 24.9 Å². The molecule has 0 unspecified atom stereocenters. The number of nitrogen functional groups attached to an aromatic ring is 1. The lowest BCUT2D eigenvalue weighted by atomic mass is 10.1. The fraction of sp³-hybridized carbons (Fsp3) is 0.133. The van der Waals surface area contributed by atoms with Crippen LogP contribution in [0.4, 0.5) is 10.1 Å².